The molecule has 88 valence electrons. The maximum absolute atomic E-state index is 12.3. The van der Waals surface area contributed by atoms with Crippen LogP contribution >= 0.6 is 11.6 Å². The van der Waals surface area contributed by atoms with E-state index in [9.17, 15) is 4.79 Å². The van der Waals surface area contributed by atoms with Crippen LogP contribution in [0.25, 0.3) is 0 Å². The average molecular weight is 251 g/mol. The zero-order valence-corrected chi connectivity index (χ0v) is 9.81. The molecule has 0 bridgehead atoms. The van der Waals surface area contributed by atoms with Crippen LogP contribution in [0.15, 0.2) is 23.4 Å². The molecule has 0 aliphatic carbocycles. The summed E-state index contributed by atoms with van der Waals surface area (Å²) in [5.74, 6) is 0.677. The Balaban J connectivity index is 2.07. The average Bonchev–Trinajstić information content (AvgIpc) is 2.73. The smallest absolute Gasteiger partial charge is 0.185 e. The van der Waals surface area contributed by atoms with Crippen LogP contribution in [0, 0.1) is 0 Å². The predicted octanol–water partition coefficient (Wildman–Crippen LogP) is 2.29. The van der Waals surface area contributed by atoms with Gasteiger partial charge < -0.3 is 10.1 Å². The van der Waals surface area contributed by atoms with Crippen LogP contribution in [0.3, 0.4) is 0 Å². The lowest BCUT2D eigenvalue weighted by Crippen LogP contribution is -2.42. The lowest BCUT2D eigenvalue weighted by Gasteiger charge is -2.31. The van der Waals surface area contributed by atoms with Crippen LogP contribution in [0.2, 0.25) is 5.02 Å². The van der Waals surface area contributed by atoms with E-state index in [2.05, 4.69) is 5.16 Å². The van der Waals surface area contributed by atoms with Gasteiger partial charge in [0, 0.05) is 23.6 Å². The van der Waals surface area contributed by atoms with Crippen molar-refractivity contribution in [1.82, 2.24) is 4.90 Å². The second-order valence-electron chi connectivity index (χ2n) is 4.36. The van der Waals surface area contributed by atoms with E-state index < -0.39 is 0 Å². The number of benzene rings is 1. The van der Waals surface area contributed by atoms with E-state index in [0.717, 1.165) is 5.56 Å². The third-order valence-electron chi connectivity index (χ3n) is 3.45. The van der Waals surface area contributed by atoms with Gasteiger partial charge in [-0.25, -0.2) is 0 Å². The number of ketones is 1. The molecule has 0 amide bonds. The van der Waals surface area contributed by atoms with E-state index in [1.807, 2.05) is 11.0 Å². The number of oxime groups is 1. The molecule has 5 heteroatoms. The zero-order valence-electron chi connectivity index (χ0n) is 9.06. The van der Waals surface area contributed by atoms with Crippen molar-refractivity contribution in [2.75, 3.05) is 0 Å². The summed E-state index contributed by atoms with van der Waals surface area (Å²) in [5, 5.41) is 12.7. The molecule has 0 aromatic heterocycles. The third-order valence-corrected chi connectivity index (χ3v) is 3.68. The minimum absolute atomic E-state index is 0.0763. The lowest BCUT2D eigenvalue weighted by atomic mass is 9.93. The van der Waals surface area contributed by atoms with E-state index >= 15 is 0 Å². The SMILES string of the molecule is O=C1c2cc(Cl)ccc2CN2C(=NO)CCC12. The number of nitrogens with zero attached hydrogens (tertiary/aromatic N) is 2. The fraction of sp³-hybridized carbons (Fsp3) is 0.333. The zero-order chi connectivity index (χ0) is 12.0. The molecule has 1 N–H and O–H groups in total. The Hall–Kier alpha value is -1.55. The maximum Gasteiger partial charge on any atom is 0.185 e. The molecular weight excluding hydrogens is 240 g/mol. The number of halogens is 1. The van der Waals surface area contributed by atoms with Gasteiger partial charge in [0.2, 0.25) is 0 Å². The molecule has 1 unspecified atom stereocenters. The Morgan fingerprint density at radius 3 is 3.06 bits per heavy atom. The quantitative estimate of drug-likeness (QED) is 0.568. The molecule has 1 atom stereocenters. The largest absolute Gasteiger partial charge is 0.409 e. The summed E-state index contributed by atoms with van der Waals surface area (Å²) in [4.78, 5) is 14.1. The van der Waals surface area contributed by atoms with Crippen LogP contribution in [-0.4, -0.2) is 27.8 Å². The molecule has 4 nitrogen and oxygen atoms in total. The van der Waals surface area contributed by atoms with Gasteiger partial charge in [-0.1, -0.05) is 22.8 Å². The molecule has 1 aromatic carbocycles. The number of amidine groups is 1. The molecule has 0 saturated carbocycles. The summed E-state index contributed by atoms with van der Waals surface area (Å²) >= 11 is 5.91. The van der Waals surface area contributed by atoms with Crippen LogP contribution in [0.5, 0.6) is 0 Å². The van der Waals surface area contributed by atoms with Gasteiger partial charge in [0.1, 0.15) is 5.84 Å². The van der Waals surface area contributed by atoms with Crippen LogP contribution in [-0.2, 0) is 6.54 Å². The van der Waals surface area contributed by atoms with Crippen molar-refractivity contribution in [1.29, 1.82) is 0 Å². The van der Waals surface area contributed by atoms with Gasteiger partial charge in [-0.3, -0.25) is 4.79 Å². The predicted molar refractivity (Wildman–Crippen MR) is 63.6 cm³/mol. The van der Waals surface area contributed by atoms with E-state index in [1.54, 1.807) is 12.1 Å². The van der Waals surface area contributed by atoms with Gasteiger partial charge in [0.05, 0.1) is 6.04 Å². The van der Waals surface area contributed by atoms with Gasteiger partial charge in [-0.15, -0.1) is 0 Å². The molecule has 2 aliphatic heterocycles. The minimum atomic E-state index is -0.188. The monoisotopic (exact) mass is 250 g/mol. The number of rotatable bonds is 0. The van der Waals surface area contributed by atoms with E-state index in [4.69, 9.17) is 16.8 Å². The van der Waals surface area contributed by atoms with Gasteiger partial charge in [-0.05, 0) is 24.1 Å². The Morgan fingerprint density at radius 2 is 2.29 bits per heavy atom. The first-order valence-corrected chi connectivity index (χ1v) is 5.88. The number of carbonyl (C=O) groups excluding carboxylic acids is 1. The highest BCUT2D eigenvalue weighted by atomic mass is 35.5. The molecular formula is C12H11ClN2O2. The molecule has 3 rings (SSSR count). The van der Waals surface area contributed by atoms with Crippen molar-refractivity contribution in [2.24, 2.45) is 5.16 Å². The molecule has 2 heterocycles. The number of fused-ring (bicyclic) bond motifs is 2. The van der Waals surface area contributed by atoms with Gasteiger partial charge in [0.25, 0.3) is 0 Å². The normalized spacial score (nSPS) is 25.0. The first-order valence-electron chi connectivity index (χ1n) is 5.51. The van der Waals surface area contributed by atoms with Crippen LogP contribution < -0.4 is 0 Å². The van der Waals surface area contributed by atoms with Crippen LogP contribution in [0.4, 0.5) is 0 Å². The minimum Gasteiger partial charge on any atom is -0.409 e. The molecule has 0 spiro atoms. The molecule has 1 fully saturated rings. The third kappa shape index (κ3) is 1.52. The fourth-order valence-corrected chi connectivity index (χ4v) is 2.78. The van der Waals surface area contributed by atoms with Crippen LogP contribution in [0.1, 0.15) is 28.8 Å². The van der Waals surface area contributed by atoms with E-state index in [1.165, 1.54) is 0 Å². The van der Waals surface area contributed by atoms with Gasteiger partial charge >= 0.3 is 0 Å². The molecule has 2 aliphatic rings. The standard InChI is InChI=1S/C12H11ClN2O2/c13-8-2-1-7-6-15-10(3-4-11(15)14-17)12(16)9(7)5-8/h1-2,5,10,17H,3-4,6H2. The Kier molecular flexibility index (Phi) is 2.33. The second kappa shape index (κ2) is 3.74. The summed E-state index contributed by atoms with van der Waals surface area (Å²) in [6, 6.07) is 5.18. The number of hydrogen-bond donors (Lipinski definition) is 1. The second-order valence-corrected chi connectivity index (χ2v) is 4.80. The highest BCUT2D eigenvalue weighted by Gasteiger charge is 2.39. The highest BCUT2D eigenvalue weighted by Crippen LogP contribution is 2.32. The van der Waals surface area contributed by atoms with E-state index in [-0.39, 0.29) is 11.8 Å². The number of hydrogen-bond acceptors (Lipinski definition) is 3. The number of Topliss-reactive ketones (excluding diaryl/α,β-unsaturated/α-hetero) is 1. The van der Waals surface area contributed by atoms with Crippen molar-refractivity contribution in [3.63, 3.8) is 0 Å². The topological polar surface area (TPSA) is 52.9 Å². The fourth-order valence-electron chi connectivity index (χ4n) is 2.61. The van der Waals surface area contributed by atoms with Crippen molar-refractivity contribution in [2.45, 2.75) is 25.4 Å². The van der Waals surface area contributed by atoms with Gasteiger partial charge in [0.15, 0.2) is 5.78 Å². The lowest BCUT2D eigenvalue weighted by molar-refractivity contribution is 0.0872. The van der Waals surface area contributed by atoms with Crippen molar-refractivity contribution < 1.29 is 10.0 Å². The Bertz CT molecular complexity index is 527. The maximum atomic E-state index is 12.3. The van der Waals surface area contributed by atoms with Crippen molar-refractivity contribution in [3.8, 4) is 0 Å². The van der Waals surface area contributed by atoms with Gasteiger partial charge in [-0.2, -0.15) is 0 Å². The summed E-state index contributed by atoms with van der Waals surface area (Å²) in [6.07, 6.45) is 1.36. The molecule has 0 radical (unpaired) electrons. The summed E-state index contributed by atoms with van der Waals surface area (Å²) in [6.45, 7) is 0.613. The Morgan fingerprint density at radius 1 is 1.47 bits per heavy atom. The van der Waals surface area contributed by atoms with Crippen molar-refractivity contribution >= 4 is 23.2 Å². The summed E-state index contributed by atoms with van der Waals surface area (Å²) in [5.41, 5.74) is 1.65. The molecule has 1 aromatic rings. The summed E-state index contributed by atoms with van der Waals surface area (Å²) < 4.78 is 0. The highest BCUT2D eigenvalue weighted by molar-refractivity contribution is 6.31. The Labute approximate surface area is 103 Å². The van der Waals surface area contributed by atoms with E-state index in [0.29, 0.717) is 35.8 Å². The molecule has 1 saturated heterocycles. The first-order chi connectivity index (χ1) is 8.20. The first kappa shape index (κ1) is 10.6. The van der Waals surface area contributed by atoms with Crippen molar-refractivity contribution in [3.05, 3.63) is 34.3 Å². The number of carbonyl (C=O) groups is 1. The summed E-state index contributed by atoms with van der Waals surface area (Å²) in [7, 11) is 0. The molecule has 17 heavy (non-hydrogen) atoms.